The van der Waals surface area contributed by atoms with E-state index in [1.165, 1.54) is 0 Å². The monoisotopic (exact) mass is 236 g/mol. The van der Waals surface area contributed by atoms with Crippen LogP contribution in [0.2, 0.25) is 0 Å². The Balaban J connectivity index is 2.57. The lowest BCUT2D eigenvalue weighted by Crippen LogP contribution is -2.42. The summed E-state index contributed by atoms with van der Waals surface area (Å²) >= 11 is 0. The molecule has 1 rings (SSSR count). The average molecular weight is 236 g/mol. The first-order valence-corrected chi connectivity index (χ1v) is 5.32. The molecular formula is C12H16N2O3. The SMILES string of the molecule is Cc1cccc(NC(=O)C(=O)NC(C)CO)c1. The molecule has 0 aromatic heterocycles. The van der Waals surface area contributed by atoms with Gasteiger partial charge in [0.15, 0.2) is 0 Å². The number of aryl methyl sites for hydroxylation is 1. The van der Waals surface area contributed by atoms with Crippen molar-refractivity contribution in [3.05, 3.63) is 29.8 Å². The Hall–Kier alpha value is -1.88. The first-order valence-electron chi connectivity index (χ1n) is 5.32. The zero-order valence-electron chi connectivity index (χ0n) is 9.86. The fourth-order valence-electron chi connectivity index (χ4n) is 1.25. The van der Waals surface area contributed by atoms with Crippen LogP contribution in [0.15, 0.2) is 24.3 Å². The highest BCUT2D eigenvalue weighted by Crippen LogP contribution is 2.08. The molecule has 5 heteroatoms. The van der Waals surface area contributed by atoms with Gasteiger partial charge >= 0.3 is 11.8 Å². The Kier molecular flexibility index (Phi) is 4.66. The van der Waals surface area contributed by atoms with Gasteiger partial charge < -0.3 is 15.7 Å². The molecule has 0 radical (unpaired) electrons. The van der Waals surface area contributed by atoms with Gasteiger partial charge in [-0.25, -0.2) is 0 Å². The largest absolute Gasteiger partial charge is 0.394 e. The molecule has 0 aliphatic rings. The molecule has 1 aromatic carbocycles. The standard InChI is InChI=1S/C12H16N2O3/c1-8-4-3-5-10(6-8)14-12(17)11(16)13-9(2)7-15/h3-6,9,15H,7H2,1-2H3,(H,13,16)(H,14,17). The van der Waals surface area contributed by atoms with Crippen LogP contribution in [-0.2, 0) is 9.59 Å². The van der Waals surface area contributed by atoms with Crippen LogP contribution >= 0.6 is 0 Å². The van der Waals surface area contributed by atoms with E-state index >= 15 is 0 Å². The second-order valence-electron chi connectivity index (χ2n) is 3.88. The second-order valence-corrected chi connectivity index (χ2v) is 3.88. The molecule has 0 aliphatic heterocycles. The third kappa shape index (κ3) is 4.24. The molecule has 0 aliphatic carbocycles. The lowest BCUT2D eigenvalue weighted by molar-refractivity contribution is -0.136. The Morgan fingerprint density at radius 3 is 2.65 bits per heavy atom. The third-order valence-electron chi connectivity index (χ3n) is 2.13. The molecule has 0 fully saturated rings. The van der Waals surface area contributed by atoms with E-state index in [1.807, 2.05) is 13.0 Å². The van der Waals surface area contributed by atoms with Crippen molar-refractivity contribution >= 4 is 17.5 Å². The summed E-state index contributed by atoms with van der Waals surface area (Å²) in [6.45, 7) is 3.30. The van der Waals surface area contributed by atoms with E-state index in [4.69, 9.17) is 5.11 Å². The summed E-state index contributed by atoms with van der Waals surface area (Å²) in [7, 11) is 0. The summed E-state index contributed by atoms with van der Waals surface area (Å²) in [6.07, 6.45) is 0. The molecule has 0 spiro atoms. The van der Waals surface area contributed by atoms with E-state index < -0.39 is 17.9 Å². The molecule has 1 unspecified atom stereocenters. The quantitative estimate of drug-likeness (QED) is 0.666. The Morgan fingerprint density at radius 2 is 2.06 bits per heavy atom. The van der Waals surface area contributed by atoms with Crippen LogP contribution in [0.3, 0.4) is 0 Å². The highest BCUT2D eigenvalue weighted by atomic mass is 16.3. The number of carbonyl (C=O) groups is 2. The number of benzene rings is 1. The van der Waals surface area contributed by atoms with Gasteiger partial charge in [-0.2, -0.15) is 0 Å². The molecule has 3 N–H and O–H groups in total. The van der Waals surface area contributed by atoms with Gasteiger partial charge in [0.1, 0.15) is 0 Å². The molecule has 0 bridgehead atoms. The predicted molar refractivity (Wildman–Crippen MR) is 64.5 cm³/mol. The normalized spacial score (nSPS) is 11.7. The Labute approximate surface area is 99.8 Å². The van der Waals surface area contributed by atoms with Gasteiger partial charge in [-0.05, 0) is 31.5 Å². The summed E-state index contributed by atoms with van der Waals surface area (Å²) in [5.41, 5.74) is 1.56. The molecule has 0 saturated carbocycles. The van der Waals surface area contributed by atoms with Crippen LogP contribution < -0.4 is 10.6 Å². The van der Waals surface area contributed by atoms with Crippen LogP contribution in [-0.4, -0.2) is 29.6 Å². The second kappa shape index (κ2) is 6.00. The Morgan fingerprint density at radius 1 is 1.35 bits per heavy atom. The van der Waals surface area contributed by atoms with E-state index in [2.05, 4.69) is 10.6 Å². The maximum atomic E-state index is 11.5. The molecule has 0 saturated heterocycles. The number of aliphatic hydroxyl groups is 1. The number of rotatable bonds is 3. The number of amides is 2. The van der Waals surface area contributed by atoms with Gasteiger partial charge in [0.2, 0.25) is 0 Å². The minimum Gasteiger partial charge on any atom is -0.394 e. The smallest absolute Gasteiger partial charge is 0.313 e. The number of nitrogens with one attached hydrogen (secondary N) is 2. The number of anilines is 1. The van der Waals surface area contributed by atoms with Crippen molar-refractivity contribution in [2.75, 3.05) is 11.9 Å². The summed E-state index contributed by atoms with van der Waals surface area (Å²) in [5.74, 6) is -1.50. The van der Waals surface area contributed by atoms with Crippen molar-refractivity contribution in [2.45, 2.75) is 19.9 Å². The molecule has 1 aromatic rings. The van der Waals surface area contributed by atoms with Crippen LogP contribution in [0.4, 0.5) is 5.69 Å². The minimum atomic E-state index is -0.756. The highest BCUT2D eigenvalue weighted by Gasteiger charge is 2.15. The van der Waals surface area contributed by atoms with Gasteiger partial charge in [-0.3, -0.25) is 9.59 Å². The van der Waals surface area contributed by atoms with E-state index in [-0.39, 0.29) is 6.61 Å². The summed E-state index contributed by atoms with van der Waals surface area (Å²) in [6, 6.07) is 6.71. The number of carbonyl (C=O) groups excluding carboxylic acids is 2. The van der Waals surface area contributed by atoms with E-state index in [0.717, 1.165) is 5.56 Å². The minimum absolute atomic E-state index is 0.205. The molecule has 1 atom stereocenters. The average Bonchev–Trinajstić information content (AvgIpc) is 2.28. The van der Waals surface area contributed by atoms with Gasteiger partial charge in [0.25, 0.3) is 0 Å². The lowest BCUT2D eigenvalue weighted by atomic mass is 10.2. The van der Waals surface area contributed by atoms with Gasteiger partial charge in [-0.1, -0.05) is 12.1 Å². The van der Waals surface area contributed by atoms with Crippen molar-refractivity contribution in [2.24, 2.45) is 0 Å². The number of hydrogen-bond acceptors (Lipinski definition) is 3. The fraction of sp³-hybridized carbons (Fsp3) is 0.333. The maximum Gasteiger partial charge on any atom is 0.313 e. The van der Waals surface area contributed by atoms with Gasteiger partial charge in [0.05, 0.1) is 6.61 Å². The molecule has 92 valence electrons. The van der Waals surface area contributed by atoms with E-state index in [1.54, 1.807) is 25.1 Å². The highest BCUT2D eigenvalue weighted by molar-refractivity contribution is 6.39. The van der Waals surface area contributed by atoms with E-state index in [9.17, 15) is 9.59 Å². The van der Waals surface area contributed by atoms with Crippen LogP contribution in [0.5, 0.6) is 0 Å². The first kappa shape index (κ1) is 13.2. The third-order valence-corrected chi connectivity index (χ3v) is 2.13. The molecule has 0 heterocycles. The van der Waals surface area contributed by atoms with Crippen molar-refractivity contribution in [1.82, 2.24) is 5.32 Å². The van der Waals surface area contributed by atoms with Gasteiger partial charge in [-0.15, -0.1) is 0 Å². The molecule has 5 nitrogen and oxygen atoms in total. The predicted octanol–water partition coefficient (Wildman–Crippen LogP) is 0.431. The molecule has 2 amide bonds. The lowest BCUT2D eigenvalue weighted by Gasteiger charge is -2.10. The summed E-state index contributed by atoms with van der Waals surface area (Å²) < 4.78 is 0. The maximum absolute atomic E-state index is 11.5. The first-order chi connectivity index (χ1) is 8.02. The Bertz CT molecular complexity index is 418. The fourth-order valence-corrected chi connectivity index (χ4v) is 1.25. The van der Waals surface area contributed by atoms with Crippen LogP contribution in [0, 0.1) is 6.92 Å². The molecule has 17 heavy (non-hydrogen) atoms. The van der Waals surface area contributed by atoms with Crippen molar-refractivity contribution < 1.29 is 14.7 Å². The van der Waals surface area contributed by atoms with Crippen molar-refractivity contribution in [3.8, 4) is 0 Å². The zero-order chi connectivity index (χ0) is 12.8. The number of hydrogen-bond donors (Lipinski definition) is 3. The molecular weight excluding hydrogens is 220 g/mol. The van der Waals surface area contributed by atoms with Crippen molar-refractivity contribution in [1.29, 1.82) is 0 Å². The van der Waals surface area contributed by atoms with Gasteiger partial charge in [0, 0.05) is 11.7 Å². The van der Waals surface area contributed by atoms with E-state index in [0.29, 0.717) is 5.69 Å². The van der Waals surface area contributed by atoms with Crippen LogP contribution in [0.25, 0.3) is 0 Å². The zero-order valence-corrected chi connectivity index (χ0v) is 9.86. The van der Waals surface area contributed by atoms with Crippen molar-refractivity contribution in [3.63, 3.8) is 0 Å². The van der Waals surface area contributed by atoms with Crippen LogP contribution in [0.1, 0.15) is 12.5 Å². The summed E-state index contributed by atoms with van der Waals surface area (Å²) in [4.78, 5) is 22.8. The number of aliphatic hydroxyl groups excluding tert-OH is 1. The summed E-state index contributed by atoms with van der Waals surface area (Å²) in [5, 5.41) is 13.6. The topological polar surface area (TPSA) is 78.4 Å².